The first-order chi connectivity index (χ1) is 9.61. The zero-order valence-corrected chi connectivity index (χ0v) is 10.5. The average Bonchev–Trinajstić information content (AvgIpc) is 3.01. The van der Waals surface area contributed by atoms with Gasteiger partial charge < -0.3 is 24.6 Å². The summed E-state index contributed by atoms with van der Waals surface area (Å²) in [5.74, 6) is 0.0989. The summed E-state index contributed by atoms with van der Waals surface area (Å²) < 4.78 is 15.8. The van der Waals surface area contributed by atoms with E-state index in [0.717, 1.165) is 5.56 Å². The Hall–Kier alpha value is -2.44. The topological polar surface area (TPSA) is 94.1 Å². The van der Waals surface area contributed by atoms with Gasteiger partial charge in [0.25, 0.3) is 0 Å². The van der Waals surface area contributed by atoms with E-state index in [-0.39, 0.29) is 12.7 Å². The zero-order chi connectivity index (χ0) is 14.1. The van der Waals surface area contributed by atoms with Gasteiger partial charge in [0.05, 0.1) is 6.54 Å². The van der Waals surface area contributed by atoms with Crippen LogP contribution in [0.4, 0.5) is 4.79 Å². The highest BCUT2D eigenvalue weighted by Crippen LogP contribution is 2.32. The van der Waals surface area contributed by atoms with Crippen LogP contribution in [0.1, 0.15) is 5.56 Å². The molecule has 2 atom stereocenters. The second kappa shape index (κ2) is 4.92. The molecule has 0 aromatic heterocycles. The summed E-state index contributed by atoms with van der Waals surface area (Å²) in [5.41, 5.74) is 0.846. The third kappa shape index (κ3) is 2.47. The standard InChI is InChI=1S/C13H13NO6/c15-12(16)11-3-7-1-2-8(4-10(7)20-11)18-6-9-5-14-13(17)19-9/h1-2,4,9,11H,3,5-6H2,(H,14,17)(H,15,16). The van der Waals surface area contributed by atoms with Crippen molar-refractivity contribution in [1.29, 1.82) is 0 Å². The smallest absolute Gasteiger partial charge is 0.407 e. The minimum Gasteiger partial charge on any atom is -0.490 e. The molecule has 0 saturated carbocycles. The quantitative estimate of drug-likeness (QED) is 0.836. The molecule has 106 valence electrons. The van der Waals surface area contributed by atoms with E-state index in [9.17, 15) is 9.59 Å². The van der Waals surface area contributed by atoms with Crippen LogP contribution in [0.15, 0.2) is 18.2 Å². The summed E-state index contributed by atoms with van der Waals surface area (Å²) in [6.07, 6.45) is -1.24. The molecule has 0 radical (unpaired) electrons. The van der Waals surface area contributed by atoms with E-state index in [1.807, 2.05) is 0 Å². The number of fused-ring (bicyclic) bond motifs is 1. The first kappa shape index (κ1) is 12.6. The Bertz CT molecular complexity index is 558. The number of ether oxygens (including phenoxy) is 3. The molecule has 2 N–H and O–H groups in total. The van der Waals surface area contributed by atoms with Gasteiger partial charge in [0.1, 0.15) is 18.1 Å². The van der Waals surface area contributed by atoms with Crippen LogP contribution in [0.3, 0.4) is 0 Å². The number of hydrogen-bond acceptors (Lipinski definition) is 5. The monoisotopic (exact) mass is 279 g/mol. The third-order valence-electron chi connectivity index (χ3n) is 3.17. The summed E-state index contributed by atoms with van der Waals surface area (Å²) in [7, 11) is 0. The van der Waals surface area contributed by atoms with Crippen molar-refractivity contribution in [1.82, 2.24) is 5.32 Å². The van der Waals surface area contributed by atoms with Crippen LogP contribution in [0.25, 0.3) is 0 Å². The fourth-order valence-corrected chi connectivity index (χ4v) is 2.15. The number of alkyl carbamates (subject to hydrolysis) is 1. The lowest BCUT2D eigenvalue weighted by molar-refractivity contribution is -0.144. The van der Waals surface area contributed by atoms with E-state index in [1.54, 1.807) is 18.2 Å². The van der Waals surface area contributed by atoms with Crippen LogP contribution < -0.4 is 14.8 Å². The average molecular weight is 279 g/mol. The molecule has 2 aliphatic rings. The summed E-state index contributed by atoms with van der Waals surface area (Å²) in [6, 6.07) is 5.19. The molecule has 2 unspecified atom stereocenters. The van der Waals surface area contributed by atoms with Gasteiger partial charge in [-0.15, -0.1) is 0 Å². The number of rotatable bonds is 4. The number of benzene rings is 1. The first-order valence-electron chi connectivity index (χ1n) is 6.21. The Morgan fingerprint density at radius 3 is 3.00 bits per heavy atom. The molecular formula is C13H13NO6. The fraction of sp³-hybridized carbons (Fsp3) is 0.385. The molecule has 1 amide bonds. The minimum absolute atomic E-state index is 0.236. The molecule has 1 fully saturated rings. The van der Waals surface area contributed by atoms with Crippen LogP contribution in [0.2, 0.25) is 0 Å². The van der Waals surface area contributed by atoms with Crippen molar-refractivity contribution >= 4 is 12.1 Å². The second-order valence-corrected chi connectivity index (χ2v) is 4.64. The fourth-order valence-electron chi connectivity index (χ4n) is 2.15. The number of amides is 1. The highest BCUT2D eigenvalue weighted by atomic mass is 16.6. The first-order valence-corrected chi connectivity index (χ1v) is 6.21. The number of aliphatic carboxylic acids is 1. The van der Waals surface area contributed by atoms with Gasteiger partial charge in [-0.1, -0.05) is 6.07 Å². The number of nitrogens with one attached hydrogen (secondary N) is 1. The maximum atomic E-state index is 10.9. The van der Waals surface area contributed by atoms with Crippen LogP contribution in [-0.2, 0) is 16.0 Å². The molecule has 2 aliphatic heterocycles. The number of cyclic esters (lactones) is 1. The van der Waals surface area contributed by atoms with E-state index in [0.29, 0.717) is 24.5 Å². The second-order valence-electron chi connectivity index (χ2n) is 4.64. The largest absolute Gasteiger partial charge is 0.490 e. The van der Waals surface area contributed by atoms with Crippen LogP contribution >= 0.6 is 0 Å². The lowest BCUT2D eigenvalue weighted by Gasteiger charge is -2.11. The molecule has 1 aromatic carbocycles. The highest BCUT2D eigenvalue weighted by molar-refractivity contribution is 5.74. The zero-order valence-electron chi connectivity index (χ0n) is 10.5. The van der Waals surface area contributed by atoms with E-state index in [2.05, 4.69) is 5.32 Å². The van der Waals surface area contributed by atoms with Crippen molar-refractivity contribution in [2.24, 2.45) is 0 Å². The summed E-state index contributed by atoms with van der Waals surface area (Å²) in [6.45, 7) is 0.654. The molecule has 1 aromatic rings. The third-order valence-corrected chi connectivity index (χ3v) is 3.17. The van der Waals surface area contributed by atoms with Crippen molar-refractivity contribution in [3.8, 4) is 11.5 Å². The van der Waals surface area contributed by atoms with Crippen LogP contribution in [-0.4, -0.2) is 42.5 Å². The Kier molecular flexibility index (Phi) is 3.09. The normalized spacial score (nSPS) is 23.5. The predicted octanol–water partition coefficient (Wildman–Crippen LogP) is 0.562. The van der Waals surface area contributed by atoms with Gasteiger partial charge in [0.2, 0.25) is 0 Å². The number of carbonyl (C=O) groups excluding carboxylic acids is 1. The number of hydrogen-bond donors (Lipinski definition) is 2. The van der Waals surface area contributed by atoms with Gasteiger partial charge >= 0.3 is 12.1 Å². The lowest BCUT2D eigenvalue weighted by atomic mass is 10.1. The van der Waals surface area contributed by atoms with E-state index >= 15 is 0 Å². The number of carboxylic acid groups (broad SMARTS) is 1. The predicted molar refractivity (Wildman–Crippen MR) is 66.0 cm³/mol. The van der Waals surface area contributed by atoms with Gasteiger partial charge in [-0.2, -0.15) is 0 Å². The summed E-state index contributed by atoms with van der Waals surface area (Å²) in [5, 5.41) is 11.4. The van der Waals surface area contributed by atoms with Crippen LogP contribution in [0, 0.1) is 0 Å². The Balaban J connectivity index is 1.61. The maximum absolute atomic E-state index is 10.9. The minimum atomic E-state index is -0.979. The number of carbonyl (C=O) groups is 2. The SMILES string of the molecule is O=C1NCC(COc2ccc3c(c2)OC(C(=O)O)C3)O1. The Morgan fingerprint density at radius 1 is 1.45 bits per heavy atom. The molecule has 2 heterocycles. The molecule has 3 rings (SSSR count). The molecule has 0 bridgehead atoms. The number of carboxylic acids is 1. The van der Waals surface area contributed by atoms with Gasteiger partial charge in [0.15, 0.2) is 12.2 Å². The summed E-state index contributed by atoms with van der Waals surface area (Å²) >= 11 is 0. The molecule has 7 nitrogen and oxygen atoms in total. The Morgan fingerprint density at radius 2 is 2.30 bits per heavy atom. The molecular weight excluding hydrogens is 266 g/mol. The van der Waals surface area contributed by atoms with Gasteiger partial charge in [-0.25, -0.2) is 9.59 Å². The highest BCUT2D eigenvalue weighted by Gasteiger charge is 2.29. The molecule has 0 aliphatic carbocycles. The lowest BCUT2D eigenvalue weighted by Crippen LogP contribution is -2.24. The van der Waals surface area contributed by atoms with Crippen molar-refractivity contribution in [3.63, 3.8) is 0 Å². The van der Waals surface area contributed by atoms with Crippen molar-refractivity contribution in [3.05, 3.63) is 23.8 Å². The summed E-state index contributed by atoms with van der Waals surface area (Å²) in [4.78, 5) is 21.7. The van der Waals surface area contributed by atoms with Gasteiger partial charge in [-0.3, -0.25) is 0 Å². The van der Waals surface area contributed by atoms with Crippen molar-refractivity contribution in [2.45, 2.75) is 18.6 Å². The molecule has 7 heteroatoms. The van der Waals surface area contributed by atoms with Gasteiger partial charge in [0, 0.05) is 12.5 Å². The maximum Gasteiger partial charge on any atom is 0.407 e. The van der Waals surface area contributed by atoms with E-state index < -0.39 is 18.2 Å². The van der Waals surface area contributed by atoms with E-state index in [1.165, 1.54) is 0 Å². The Labute approximate surface area is 114 Å². The molecule has 0 spiro atoms. The molecule has 1 saturated heterocycles. The van der Waals surface area contributed by atoms with Gasteiger partial charge in [-0.05, 0) is 11.6 Å². The van der Waals surface area contributed by atoms with Crippen molar-refractivity contribution < 1.29 is 28.9 Å². The molecule has 20 heavy (non-hydrogen) atoms. The van der Waals surface area contributed by atoms with Crippen LogP contribution in [0.5, 0.6) is 11.5 Å². The van der Waals surface area contributed by atoms with Crippen molar-refractivity contribution in [2.75, 3.05) is 13.2 Å². The van der Waals surface area contributed by atoms with E-state index in [4.69, 9.17) is 19.3 Å².